The first kappa shape index (κ1) is 16.9. The Morgan fingerprint density at radius 2 is 1.45 bits per heavy atom. The van der Waals surface area contributed by atoms with Gasteiger partial charge in [0.15, 0.2) is 9.84 Å². The molecule has 0 fully saturated rings. The second-order valence-corrected chi connectivity index (χ2v) is 10.4. The molecule has 0 radical (unpaired) electrons. The minimum absolute atomic E-state index is 0.0183. The summed E-state index contributed by atoms with van der Waals surface area (Å²) in [6.45, 7) is 1.95. The van der Waals surface area contributed by atoms with E-state index >= 15 is 0 Å². The lowest BCUT2D eigenvalue weighted by Gasteiger charge is -2.23. The maximum Gasteiger partial charge on any atom is 0.368 e. The van der Waals surface area contributed by atoms with Gasteiger partial charge in [-0.15, -0.1) is 0 Å². The van der Waals surface area contributed by atoms with E-state index in [9.17, 15) is 8.42 Å². The van der Waals surface area contributed by atoms with E-state index in [0.29, 0.717) is 4.90 Å². The third-order valence-corrected chi connectivity index (χ3v) is 8.36. The Kier molecular flexibility index (Phi) is 5.18. The first-order chi connectivity index (χ1) is 10.4. The fourth-order valence-electron chi connectivity index (χ4n) is 2.15. The van der Waals surface area contributed by atoms with E-state index in [1.54, 1.807) is 44.6 Å². The molecule has 0 aliphatic rings. The van der Waals surface area contributed by atoms with E-state index in [2.05, 4.69) is 0 Å². The largest absolute Gasteiger partial charge is 0.394 e. The van der Waals surface area contributed by atoms with Gasteiger partial charge in [0.2, 0.25) is 0 Å². The Morgan fingerprint density at radius 3 is 1.95 bits per heavy atom. The van der Waals surface area contributed by atoms with Gasteiger partial charge in [0.25, 0.3) is 0 Å². The van der Waals surface area contributed by atoms with Gasteiger partial charge in [0.1, 0.15) is 0 Å². The maximum absolute atomic E-state index is 12.4. The van der Waals surface area contributed by atoms with Crippen LogP contribution in [-0.4, -0.2) is 31.2 Å². The molecule has 2 rings (SSSR count). The molecular weight excluding hydrogens is 316 g/mol. The smallest absolute Gasteiger partial charge is 0.368 e. The SMILES string of the molecule is CO[Si](C)(OC)c1ccc(CS(=O)(=O)c2ccccc2)cc1. The highest BCUT2D eigenvalue weighted by Crippen LogP contribution is 2.16. The average molecular weight is 336 g/mol. The normalized spacial score (nSPS) is 12.3. The van der Waals surface area contributed by atoms with Crippen LogP contribution in [0.4, 0.5) is 0 Å². The van der Waals surface area contributed by atoms with Gasteiger partial charge in [-0.25, -0.2) is 8.42 Å². The van der Waals surface area contributed by atoms with Crippen LogP contribution in [0.3, 0.4) is 0 Å². The summed E-state index contributed by atoms with van der Waals surface area (Å²) in [7, 11) is -2.44. The molecule has 2 aromatic carbocycles. The zero-order chi connectivity index (χ0) is 16.2. The van der Waals surface area contributed by atoms with Gasteiger partial charge < -0.3 is 8.85 Å². The van der Waals surface area contributed by atoms with Crippen LogP contribution in [-0.2, 0) is 24.4 Å². The minimum Gasteiger partial charge on any atom is -0.394 e. The molecule has 22 heavy (non-hydrogen) atoms. The van der Waals surface area contributed by atoms with E-state index in [-0.39, 0.29) is 5.75 Å². The van der Waals surface area contributed by atoms with E-state index in [1.807, 2.05) is 30.8 Å². The lowest BCUT2D eigenvalue weighted by molar-refractivity contribution is 0.265. The summed E-state index contributed by atoms with van der Waals surface area (Å²) in [5, 5.41) is 0.971. The molecule has 118 valence electrons. The van der Waals surface area contributed by atoms with Crippen molar-refractivity contribution in [3.63, 3.8) is 0 Å². The van der Waals surface area contributed by atoms with Gasteiger partial charge in [0, 0.05) is 14.2 Å². The predicted molar refractivity (Wildman–Crippen MR) is 89.0 cm³/mol. The third-order valence-electron chi connectivity index (χ3n) is 3.72. The average Bonchev–Trinajstić information content (AvgIpc) is 2.55. The standard InChI is InChI=1S/C16H20O4SSi/c1-19-22(3,20-2)16-11-9-14(10-12-16)13-21(17,18)15-7-5-4-6-8-15/h4-12H,13H2,1-3H3. The molecule has 0 atom stereocenters. The molecular formula is C16H20O4SSi. The molecule has 0 saturated carbocycles. The van der Waals surface area contributed by atoms with Crippen molar-refractivity contribution >= 4 is 23.6 Å². The summed E-state index contributed by atoms with van der Waals surface area (Å²) in [4.78, 5) is 0.340. The van der Waals surface area contributed by atoms with Gasteiger partial charge in [-0.1, -0.05) is 42.5 Å². The van der Waals surface area contributed by atoms with Crippen molar-refractivity contribution in [3.05, 3.63) is 60.2 Å². The molecule has 0 amide bonds. The molecule has 0 N–H and O–H groups in total. The summed E-state index contributed by atoms with van der Waals surface area (Å²) in [5.74, 6) is -0.0183. The molecule has 0 heterocycles. The number of benzene rings is 2. The molecule has 0 aromatic heterocycles. The van der Waals surface area contributed by atoms with Crippen molar-refractivity contribution in [2.24, 2.45) is 0 Å². The van der Waals surface area contributed by atoms with E-state index < -0.39 is 18.4 Å². The highest BCUT2D eigenvalue weighted by Gasteiger charge is 2.31. The Balaban J connectivity index is 2.22. The number of hydrogen-bond acceptors (Lipinski definition) is 4. The predicted octanol–water partition coefficient (Wildman–Crippen LogP) is 2.23. The van der Waals surface area contributed by atoms with Crippen LogP contribution in [0.5, 0.6) is 0 Å². The van der Waals surface area contributed by atoms with Crippen LogP contribution in [0.15, 0.2) is 59.5 Å². The van der Waals surface area contributed by atoms with Crippen molar-refractivity contribution in [1.29, 1.82) is 0 Å². The Labute approximate surface area is 132 Å². The molecule has 0 saturated heterocycles. The van der Waals surface area contributed by atoms with Crippen molar-refractivity contribution in [2.45, 2.75) is 17.2 Å². The van der Waals surface area contributed by atoms with Gasteiger partial charge in [-0.2, -0.15) is 0 Å². The Hall–Kier alpha value is -1.47. The zero-order valence-electron chi connectivity index (χ0n) is 12.9. The fraction of sp³-hybridized carbons (Fsp3) is 0.250. The van der Waals surface area contributed by atoms with E-state index in [1.165, 1.54) is 0 Å². The first-order valence-corrected chi connectivity index (χ1v) is 10.9. The second kappa shape index (κ2) is 6.74. The van der Waals surface area contributed by atoms with Crippen molar-refractivity contribution in [2.75, 3.05) is 14.2 Å². The van der Waals surface area contributed by atoms with Crippen LogP contribution < -0.4 is 5.19 Å². The van der Waals surface area contributed by atoms with Gasteiger partial charge in [0.05, 0.1) is 10.6 Å². The second-order valence-electron chi connectivity index (χ2n) is 5.12. The molecule has 0 aliphatic carbocycles. The van der Waals surface area contributed by atoms with Gasteiger partial charge in [-0.3, -0.25) is 0 Å². The van der Waals surface area contributed by atoms with E-state index in [0.717, 1.165) is 10.8 Å². The van der Waals surface area contributed by atoms with Gasteiger partial charge in [-0.05, 0) is 29.4 Å². The Bertz CT molecular complexity index is 708. The zero-order valence-corrected chi connectivity index (χ0v) is 14.8. The number of hydrogen-bond donors (Lipinski definition) is 0. The fourth-order valence-corrected chi connectivity index (χ4v) is 4.93. The van der Waals surface area contributed by atoms with Crippen LogP contribution in [0.1, 0.15) is 5.56 Å². The summed E-state index contributed by atoms with van der Waals surface area (Å²) >= 11 is 0. The molecule has 0 aliphatic heterocycles. The molecule has 4 nitrogen and oxygen atoms in total. The summed E-state index contributed by atoms with van der Waals surface area (Å²) in [5.41, 5.74) is 0.746. The Morgan fingerprint density at radius 1 is 0.909 bits per heavy atom. The third kappa shape index (κ3) is 3.64. The minimum atomic E-state index is -3.32. The molecule has 2 aromatic rings. The molecule has 0 unspecified atom stereocenters. The summed E-state index contributed by atoms with van der Waals surface area (Å²) in [6, 6.07) is 15.9. The van der Waals surface area contributed by atoms with Crippen LogP contribution in [0.2, 0.25) is 6.55 Å². The molecule has 6 heteroatoms. The number of sulfone groups is 1. The highest BCUT2D eigenvalue weighted by atomic mass is 32.2. The molecule has 0 spiro atoms. The summed E-state index contributed by atoms with van der Waals surface area (Å²) in [6.07, 6.45) is 0. The van der Waals surface area contributed by atoms with Crippen molar-refractivity contribution < 1.29 is 17.3 Å². The topological polar surface area (TPSA) is 52.6 Å². The van der Waals surface area contributed by atoms with Crippen LogP contribution in [0, 0.1) is 0 Å². The highest BCUT2D eigenvalue weighted by molar-refractivity contribution is 7.90. The quantitative estimate of drug-likeness (QED) is 0.759. The maximum atomic E-state index is 12.4. The number of rotatable bonds is 6. The first-order valence-electron chi connectivity index (χ1n) is 6.89. The lowest BCUT2D eigenvalue weighted by atomic mass is 10.2. The van der Waals surface area contributed by atoms with Crippen molar-refractivity contribution in [1.82, 2.24) is 0 Å². The molecule has 0 bridgehead atoms. The van der Waals surface area contributed by atoms with Crippen molar-refractivity contribution in [3.8, 4) is 0 Å². The monoisotopic (exact) mass is 336 g/mol. The summed E-state index contributed by atoms with van der Waals surface area (Å²) < 4.78 is 35.7. The lowest BCUT2D eigenvalue weighted by Crippen LogP contribution is -2.49. The van der Waals surface area contributed by atoms with E-state index in [4.69, 9.17) is 8.85 Å². The van der Waals surface area contributed by atoms with Crippen LogP contribution >= 0.6 is 0 Å². The van der Waals surface area contributed by atoms with Crippen LogP contribution in [0.25, 0.3) is 0 Å². The van der Waals surface area contributed by atoms with Gasteiger partial charge >= 0.3 is 8.56 Å².